The second-order valence-electron chi connectivity index (χ2n) is 4.78. The van der Waals surface area contributed by atoms with Gasteiger partial charge in [0.2, 0.25) is 0 Å². The van der Waals surface area contributed by atoms with Crippen LogP contribution in [0.5, 0.6) is 5.75 Å². The van der Waals surface area contributed by atoms with Crippen molar-refractivity contribution >= 4 is 35.1 Å². The zero-order chi connectivity index (χ0) is 15.7. The first-order valence-electron chi connectivity index (χ1n) is 6.55. The Balaban J connectivity index is 1.95. The lowest BCUT2D eigenvalue weighted by Crippen LogP contribution is -2.25. The zero-order valence-corrected chi connectivity index (χ0v) is 12.4. The molecule has 0 radical (unpaired) electrons. The van der Waals surface area contributed by atoms with E-state index in [0.717, 1.165) is 11.3 Å². The number of carbonyl (C=O) groups is 1. The summed E-state index contributed by atoms with van der Waals surface area (Å²) in [5.41, 5.74) is 2.24. The van der Waals surface area contributed by atoms with Crippen LogP contribution in [0, 0.1) is 0 Å². The molecule has 1 aliphatic rings. The fourth-order valence-corrected chi connectivity index (χ4v) is 2.40. The molecule has 0 aromatic heterocycles. The molecule has 5 nitrogen and oxygen atoms in total. The second kappa shape index (κ2) is 5.61. The van der Waals surface area contributed by atoms with Crippen molar-refractivity contribution < 1.29 is 9.90 Å². The molecule has 2 aromatic carbocycles. The maximum absolute atomic E-state index is 12.2. The van der Waals surface area contributed by atoms with E-state index in [-0.39, 0.29) is 17.4 Å². The highest BCUT2D eigenvalue weighted by molar-refractivity contribution is 6.54. The minimum Gasteiger partial charge on any atom is -0.507 e. The summed E-state index contributed by atoms with van der Waals surface area (Å²) in [4.78, 5) is 13.7. The number of rotatable bonds is 2. The van der Waals surface area contributed by atoms with Crippen LogP contribution in [0.3, 0.4) is 0 Å². The van der Waals surface area contributed by atoms with Crippen molar-refractivity contribution in [1.82, 2.24) is 0 Å². The second-order valence-corrected chi connectivity index (χ2v) is 5.21. The van der Waals surface area contributed by atoms with E-state index >= 15 is 0 Å². The first-order valence-corrected chi connectivity index (χ1v) is 6.92. The van der Waals surface area contributed by atoms with E-state index in [1.165, 1.54) is 17.2 Å². The smallest absolute Gasteiger partial charge is 0.279 e. The molecule has 0 bridgehead atoms. The Morgan fingerprint density at radius 2 is 2.00 bits per heavy atom. The van der Waals surface area contributed by atoms with Crippen LogP contribution in [-0.4, -0.2) is 30.0 Å². The van der Waals surface area contributed by atoms with Crippen molar-refractivity contribution in [3.05, 3.63) is 58.6 Å². The third-order valence-electron chi connectivity index (χ3n) is 3.37. The number of nitrogens with zero attached hydrogens (tertiary/aromatic N) is 3. The van der Waals surface area contributed by atoms with Gasteiger partial charge in [0.15, 0.2) is 5.71 Å². The van der Waals surface area contributed by atoms with Crippen LogP contribution in [0.2, 0.25) is 5.02 Å². The van der Waals surface area contributed by atoms with E-state index < -0.39 is 0 Å². The number of benzene rings is 2. The predicted octanol–water partition coefficient (Wildman–Crippen LogP) is 2.85. The average Bonchev–Trinajstić information content (AvgIpc) is 2.76. The van der Waals surface area contributed by atoms with Gasteiger partial charge in [-0.15, -0.1) is 5.10 Å². The fraction of sp³-hybridized carbons (Fsp3) is 0.0625. The van der Waals surface area contributed by atoms with E-state index in [1.807, 2.05) is 24.3 Å². The summed E-state index contributed by atoms with van der Waals surface area (Å²) in [6.07, 6.45) is 1.36. The topological polar surface area (TPSA) is 65.3 Å². The maximum Gasteiger partial charge on any atom is 0.279 e. The zero-order valence-electron chi connectivity index (χ0n) is 11.7. The Morgan fingerprint density at radius 3 is 2.82 bits per heavy atom. The molecule has 0 atom stereocenters. The summed E-state index contributed by atoms with van der Waals surface area (Å²) >= 11 is 5.86. The molecule has 1 amide bonds. The number of anilines is 1. The van der Waals surface area contributed by atoms with Crippen LogP contribution in [0.4, 0.5) is 5.69 Å². The number of phenols is 1. The summed E-state index contributed by atoms with van der Waals surface area (Å²) in [5.74, 6) is -0.169. The van der Waals surface area contributed by atoms with Crippen LogP contribution >= 0.6 is 11.6 Å². The Kier molecular flexibility index (Phi) is 3.65. The molecule has 6 heteroatoms. The fourth-order valence-electron chi connectivity index (χ4n) is 2.22. The molecule has 0 fully saturated rings. The Labute approximate surface area is 132 Å². The third-order valence-corrected chi connectivity index (χ3v) is 3.61. The highest BCUT2D eigenvalue weighted by Crippen LogP contribution is 2.27. The highest BCUT2D eigenvalue weighted by atomic mass is 35.5. The van der Waals surface area contributed by atoms with Crippen molar-refractivity contribution in [1.29, 1.82) is 0 Å². The van der Waals surface area contributed by atoms with Gasteiger partial charge < -0.3 is 10.0 Å². The van der Waals surface area contributed by atoms with Gasteiger partial charge in [0.1, 0.15) is 5.75 Å². The Morgan fingerprint density at radius 1 is 1.23 bits per heavy atom. The van der Waals surface area contributed by atoms with E-state index in [2.05, 4.69) is 10.2 Å². The number of fused-ring (bicyclic) bond motifs is 1. The molecular weight excluding hydrogens is 302 g/mol. The molecule has 22 heavy (non-hydrogen) atoms. The van der Waals surface area contributed by atoms with Crippen LogP contribution in [-0.2, 0) is 4.79 Å². The van der Waals surface area contributed by atoms with E-state index in [1.54, 1.807) is 19.2 Å². The number of carbonyl (C=O) groups excluding carboxylic acids is 1. The van der Waals surface area contributed by atoms with E-state index in [0.29, 0.717) is 10.6 Å². The highest BCUT2D eigenvalue weighted by Gasteiger charge is 2.30. The summed E-state index contributed by atoms with van der Waals surface area (Å²) in [6.45, 7) is 0. The molecule has 1 N–H and O–H groups in total. The Bertz CT molecular complexity index is 815. The van der Waals surface area contributed by atoms with Crippen molar-refractivity contribution in [2.45, 2.75) is 0 Å². The summed E-state index contributed by atoms with van der Waals surface area (Å²) < 4.78 is 0. The standard InChI is InChI=1S/C16H12ClN3O2/c1-20-13-5-3-2-4-12(13)15(16(20)22)19-18-9-10-8-11(17)6-7-14(10)21/h2-9,21H,1H3/b18-9+,19-15+. The predicted molar refractivity (Wildman–Crippen MR) is 87.1 cm³/mol. The molecule has 1 aliphatic heterocycles. The van der Waals surface area contributed by atoms with Crippen molar-refractivity contribution in [2.24, 2.45) is 10.2 Å². The van der Waals surface area contributed by atoms with Gasteiger partial charge in [-0.2, -0.15) is 5.10 Å². The average molecular weight is 314 g/mol. The van der Waals surface area contributed by atoms with Crippen molar-refractivity contribution in [3.8, 4) is 5.75 Å². The SMILES string of the molecule is CN1C(=O)/C(=N/N=C/c2cc(Cl)ccc2O)c2ccccc21. The lowest BCUT2D eigenvalue weighted by Gasteiger charge is -2.07. The summed E-state index contributed by atoms with van der Waals surface area (Å²) in [6, 6.07) is 12.0. The first-order chi connectivity index (χ1) is 10.6. The van der Waals surface area contributed by atoms with Crippen LogP contribution < -0.4 is 4.90 Å². The van der Waals surface area contributed by atoms with Gasteiger partial charge in [0.05, 0.1) is 11.9 Å². The minimum atomic E-state index is -0.214. The maximum atomic E-state index is 12.2. The van der Waals surface area contributed by atoms with Gasteiger partial charge >= 0.3 is 0 Å². The molecule has 3 rings (SSSR count). The van der Waals surface area contributed by atoms with Crippen molar-refractivity contribution in [3.63, 3.8) is 0 Å². The lowest BCUT2D eigenvalue weighted by atomic mass is 10.1. The van der Waals surface area contributed by atoms with E-state index in [4.69, 9.17) is 11.6 Å². The molecule has 110 valence electrons. The minimum absolute atomic E-state index is 0.0450. The number of hydrogen-bond donors (Lipinski definition) is 1. The normalized spacial score (nSPS) is 15.8. The van der Waals surface area contributed by atoms with Gasteiger partial charge in [0.25, 0.3) is 5.91 Å². The van der Waals surface area contributed by atoms with Crippen LogP contribution in [0.15, 0.2) is 52.7 Å². The number of aromatic hydroxyl groups is 1. The quantitative estimate of drug-likeness (QED) is 0.684. The van der Waals surface area contributed by atoms with Gasteiger partial charge in [0, 0.05) is 23.2 Å². The van der Waals surface area contributed by atoms with Crippen molar-refractivity contribution in [2.75, 3.05) is 11.9 Å². The number of para-hydroxylation sites is 1. The van der Waals surface area contributed by atoms with Crippen LogP contribution in [0.25, 0.3) is 0 Å². The molecule has 2 aromatic rings. The molecule has 0 saturated carbocycles. The number of hydrogen-bond acceptors (Lipinski definition) is 4. The molecular formula is C16H12ClN3O2. The van der Waals surface area contributed by atoms with Gasteiger partial charge in [-0.1, -0.05) is 29.8 Å². The lowest BCUT2D eigenvalue weighted by molar-refractivity contribution is -0.111. The molecule has 1 heterocycles. The molecule has 0 saturated heterocycles. The van der Waals surface area contributed by atoms with Gasteiger partial charge in [-0.3, -0.25) is 4.79 Å². The van der Waals surface area contributed by atoms with E-state index in [9.17, 15) is 9.90 Å². The molecule has 0 unspecified atom stereocenters. The summed E-state index contributed by atoms with van der Waals surface area (Å²) in [5, 5.41) is 18.1. The monoisotopic (exact) mass is 313 g/mol. The molecule has 0 aliphatic carbocycles. The number of likely N-dealkylation sites (N-methyl/N-ethyl adjacent to an activating group) is 1. The van der Waals surface area contributed by atoms with Crippen LogP contribution in [0.1, 0.15) is 11.1 Å². The van der Waals surface area contributed by atoms with Gasteiger partial charge in [-0.25, -0.2) is 0 Å². The summed E-state index contributed by atoms with van der Waals surface area (Å²) in [7, 11) is 1.69. The number of phenolic OH excluding ortho intramolecular Hbond substituents is 1. The molecule has 0 spiro atoms. The van der Waals surface area contributed by atoms with Gasteiger partial charge in [-0.05, 0) is 24.3 Å². The number of amides is 1. The largest absolute Gasteiger partial charge is 0.507 e. The Hall–Kier alpha value is -2.66. The number of halogens is 1. The first kappa shape index (κ1) is 14.3. The third kappa shape index (κ3) is 2.46.